The zero-order valence-corrected chi connectivity index (χ0v) is 19.0. The zero-order valence-electron chi connectivity index (χ0n) is 17.4. The summed E-state index contributed by atoms with van der Waals surface area (Å²) in [6.07, 6.45) is 2.43. The summed E-state index contributed by atoms with van der Waals surface area (Å²) in [5, 5.41) is 2.90. The number of rotatable bonds is 6. The van der Waals surface area contributed by atoms with Crippen LogP contribution in [0, 0.1) is 0 Å². The Kier molecular flexibility index (Phi) is 5.57. The van der Waals surface area contributed by atoms with Gasteiger partial charge >= 0.3 is 0 Å². The van der Waals surface area contributed by atoms with E-state index >= 15 is 0 Å². The fraction of sp³-hybridized carbons (Fsp3) is 0.261. The van der Waals surface area contributed by atoms with Crippen LogP contribution < -0.4 is 24.4 Å². The molecule has 1 aromatic heterocycles. The summed E-state index contributed by atoms with van der Waals surface area (Å²) in [6, 6.07) is 11.7. The molecule has 2 aliphatic rings. The Morgan fingerprint density at radius 2 is 2.09 bits per heavy atom. The molecule has 1 amide bonds. The Morgan fingerprint density at radius 1 is 1.22 bits per heavy atom. The molecule has 1 N–H and O–H groups in total. The fourth-order valence-electron chi connectivity index (χ4n) is 3.80. The van der Waals surface area contributed by atoms with Crippen molar-refractivity contribution in [3.05, 3.63) is 63.8 Å². The van der Waals surface area contributed by atoms with Crippen molar-refractivity contribution >= 4 is 33.5 Å². The van der Waals surface area contributed by atoms with E-state index < -0.39 is 0 Å². The molecule has 3 aromatic rings. The van der Waals surface area contributed by atoms with Crippen LogP contribution >= 0.6 is 15.9 Å². The smallest absolute Gasteiger partial charge is 0.258 e. The van der Waals surface area contributed by atoms with Crippen LogP contribution in [0.25, 0.3) is 0 Å². The summed E-state index contributed by atoms with van der Waals surface area (Å²) in [5.41, 5.74) is 3.49. The van der Waals surface area contributed by atoms with Crippen molar-refractivity contribution in [2.45, 2.75) is 19.9 Å². The van der Waals surface area contributed by atoms with Gasteiger partial charge in [-0.05, 0) is 54.8 Å². The maximum atomic E-state index is 12.9. The molecule has 0 atom stereocenters. The second-order valence-corrected chi connectivity index (χ2v) is 8.28. The van der Waals surface area contributed by atoms with Crippen LogP contribution in [0.4, 0.5) is 11.6 Å². The summed E-state index contributed by atoms with van der Waals surface area (Å²) >= 11 is 3.52. The number of anilines is 2. The zero-order chi connectivity index (χ0) is 22.1. The van der Waals surface area contributed by atoms with Gasteiger partial charge < -0.3 is 24.4 Å². The predicted molar refractivity (Wildman–Crippen MR) is 122 cm³/mol. The molecule has 2 aromatic carbocycles. The van der Waals surface area contributed by atoms with Crippen molar-refractivity contribution in [2.75, 3.05) is 24.8 Å². The van der Waals surface area contributed by atoms with Crippen molar-refractivity contribution in [1.82, 2.24) is 15.3 Å². The largest absolute Gasteiger partial charge is 0.477 e. The summed E-state index contributed by atoms with van der Waals surface area (Å²) < 4.78 is 17.5. The van der Waals surface area contributed by atoms with E-state index in [-0.39, 0.29) is 18.6 Å². The van der Waals surface area contributed by atoms with Gasteiger partial charge in [-0.3, -0.25) is 4.79 Å². The van der Waals surface area contributed by atoms with Crippen molar-refractivity contribution in [3.8, 4) is 17.4 Å². The molecule has 0 radical (unpaired) electrons. The van der Waals surface area contributed by atoms with Gasteiger partial charge in [-0.2, -0.15) is 4.98 Å². The van der Waals surface area contributed by atoms with Crippen molar-refractivity contribution in [1.29, 1.82) is 0 Å². The van der Waals surface area contributed by atoms with Gasteiger partial charge in [0.2, 0.25) is 18.6 Å². The number of nitrogens with zero attached hydrogens (tertiary/aromatic N) is 3. The van der Waals surface area contributed by atoms with E-state index in [1.54, 1.807) is 0 Å². The monoisotopic (exact) mass is 496 g/mol. The number of hydrogen-bond acceptors (Lipinski definition) is 7. The Hall–Kier alpha value is -3.33. The van der Waals surface area contributed by atoms with Crippen LogP contribution in [-0.2, 0) is 13.0 Å². The van der Waals surface area contributed by atoms with E-state index in [0.717, 1.165) is 28.7 Å². The van der Waals surface area contributed by atoms with E-state index in [9.17, 15) is 4.79 Å². The van der Waals surface area contributed by atoms with Crippen LogP contribution in [0.3, 0.4) is 0 Å². The highest BCUT2D eigenvalue weighted by Gasteiger charge is 2.25. The van der Waals surface area contributed by atoms with Gasteiger partial charge in [-0.15, -0.1) is 0 Å². The average molecular weight is 497 g/mol. The summed E-state index contributed by atoms with van der Waals surface area (Å²) in [6.45, 7) is 3.57. The minimum Gasteiger partial charge on any atom is -0.477 e. The molecule has 3 heterocycles. The quantitative estimate of drug-likeness (QED) is 0.551. The lowest BCUT2D eigenvalue weighted by Gasteiger charge is -2.19. The molecule has 0 saturated carbocycles. The van der Waals surface area contributed by atoms with Crippen molar-refractivity contribution < 1.29 is 19.0 Å². The van der Waals surface area contributed by atoms with E-state index in [4.69, 9.17) is 14.2 Å². The number of benzene rings is 2. The lowest BCUT2D eigenvalue weighted by atomic mass is 10.2. The number of fused-ring (bicyclic) bond motifs is 2. The maximum absolute atomic E-state index is 12.9. The molecule has 0 aliphatic carbocycles. The van der Waals surface area contributed by atoms with E-state index in [1.807, 2.05) is 42.2 Å². The van der Waals surface area contributed by atoms with Gasteiger partial charge in [-0.25, -0.2) is 4.98 Å². The lowest BCUT2D eigenvalue weighted by Crippen LogP contribution is -2.25. The molecule has 32 heavy (non-hydrogen) atoms. The Morgan fingerprint density at radius 3 is 2.97 bits per heavy atom. The first kappa shape index (κ1) is 20.6. The summed E-state index contributed by atoms with van der Waals surface area (Å²) in [5.74, 6) is 1.87. The van der Waals surface area contributed by atoms with E-state index in [2.05, 4.69) is 37.3 Å². The van der Waals surface area contributed by atoms with Crippen LogP contribution in [0.15, 0.2) is 47.1 Å². The molecule has 164 valence electrons. The molecule has 0 bridgehead atoms. The topological polar surface area (TPSA) is 85.8 Å². The molecule has 9 heteroatoms. The number of halogens is 1. The van der Waals surface area contributed by atoms with Crippen molar-refractivity contribution in [2.24, 2.45) is 0 Å². The predicted octanol–water partition coefficient (Wildman–Crippen LogP) is 3.99. The molecule has 0 saturated heterocycles. The number of ether oxygens (including phenoxy) is 3. The number of carbonyl (C=O) groups excluding carboxylic acids is 1. The van der Waals surface area contributed by atoms with Crippen LogP contribution in [0.2, 0.25) is 0 Å². The first-order valence-electron chi connectivity index (χ1n) is 10.3. The summed E-state index contributed by atoms with van der Waals surface area (Å²) in [7, 11) is 0. The highest BCUT2D eigenvalue weighted by atomic mass is 79.9. The molecule has 8 nitrogen and oxygen atoms in total. The van der Waals surface area contributed by atoms with Gasteiger partial charge in [0.1, 0.15) is 5.56 Å². The minimum atomic E-state index is -0.302. The lowest BCUT2D eigenvalue weighted by molar-refractivity contribution is 0.0945. The summed E-state index contributed by atoms with van der Waals surface area (Å²) in [4.78, 5) is 24.0. The first-order valence-corrected chi connectivity index (χ1v) is 11.1. The SMILES string of the molecule is CCOc1nc(N2CCc3cc(Br)ccc32)ncc1C(=O)NCc1ccc2c(c1)OCO2. The minimum absolute atomic E-state index is 0.214. The normalized spacial score (nSPS) is 13.8. The van der Waals surface area contributed by atoms with E-state index in [0.29, 0.717) is 36.2 Å². The third kappa shape index (κ3) is 3.95. The van der Waals surface area contributed by atoms with Crippen molar-refractivity contribution in [3.63, 3.8) is 0 Å². The van der Waals surface area contributed by atoms with Gasteiger partial charge in [0.15, 0.2) is 11.5 Å². The molecule has 0 fully saturated rings. The fourth-order valence-corrected chi connectivity index (χ4v) is 4.21. The Labute approximate surface area is 193 Å². The number of hydrogen-bond donors (Lipinski definition) is 1. The number of aromatic nitrogens is 2. The standard InChI is InChI=1S/C23H21BrN4O4/c1-2-30-22-17(21(29)25-11-14-3-6-19-20(9-14)32-13-31-19)12-26-23(27-22)28-8-7-15-10-16(24)4-5-18(15)28/h3-6,9-10,12H,2,7-8,11,13H2,1H3,(H,25,29). The number of nitrogens with one attached hydrogen (secondary N) is 1. The average Bonchev–Trinajstić information content (AvgIpc) is 3.43. The van der Waals surface area contributed by atoms with Gasteiger partial charge in [0.05, 0.1) is 6.61 Å². The molecule has 2 aliphatic heterocycles. The van der Waals surface area contributed by atoms with Gasteiger partial charge in [-0.1, -0.05) is 22.0 Å². The second-order valence-electron chi connectivity index (χ2n) is 7.37. The molecule has 0 unspecified atom stereocenters. The number of amides is 1. The molecular weight excluding hydrogens is 476 g/mol. The van der Waals surface area contributed by atoms with Gasteiger partial charge in [0, 0.05) is 29.4 Å². The third-order valence-electron chi connectivity index (χ3n) is 5.34. The molecular formula is C23H21BrN4O4. The van der Waals surface area contributed by atoms with Crippen LogP contribution in [0.1, 0.15) is 28.4 Å². The van der Waals surface area contributed by atoms with Crippen LogP contribution in [0.5, 0.6) is 17.4 Å². The first-order chi connectivity index (χ1) is 15.6. The Bertz CT molecular complexity index is 1190. The van der Waals surface area contributed by atoms with Crippen LogP contribution in [-0.4, -0.2) is 35.8 Å². The molecule has 5 rings (SSSR count). The Balaban J connectivity index is 1.34. The second kappa shape index (κ2) is 8.66. The number of carbonyl (C=O) groups is 1. The van der Waals surface area contributed by atoms with E-state index in [1.165, 1.54) is 11.8 Å². The highest BCUT2D eigenvalue weighted by molar-refractivity contribution is 9.10. The maximum Gasteiger partial charge on any atom is 0.258 e. The molecule has 0 spiro atoms. The highest BCUT2D eigenvalue weighted by Crippen LogP contribution is 2.35. The van der Waals surface area contributed by atoms with Gasteiger partial charge in [0.25, 0.3) is 5.91 Å². The third-order valence-corrected chi connectivity index (χ3v) is 5.83.